The van der Waals surface area contributed by atoms with E-state index in [2.05, 4.69) is 24.3 Å². The Kier molecular flexibility index (Phi) is 5.85. The van der Waals surface area contributed by atoms with Crippen LogP contribution >= 0.6 is 11.3 Å². The summed E-state index contributed by atoms with van der Waals surface area (Å²) in [7, 11) is -3.59. The number of piperidine rings is 2. The molecule has 0 atom stereocenters. The first-order valence-electron chi connectivity index (χ1n) is 9.99. The Morgan fingerprint density at radius 2 is 1.61 bits per heavy atom. The first kappa shape index (κ1) is 19.6. The van der Waals surface area contributed by atoms with E-state index < -0.39 is 10.0 Å². The highest BCUT2D eigenvalue weighted by atomic mass is 32.2. The molecule has 0 bridgehead atoms. The van der Waals surface area contributed by atoms with Gasteiger partial charge in [-0.15, -0.1) is 11.3 Å². The second-order valence-electron chi connectivity index (χ2n) is 7.56. The van der Waals surface area contributed by atoms with Crippen LogP contribution in [0.2, 0.25) is 0 Å². The Morgan fingerprint density at radius 1 is 0.929 bits per heavy atom. The number of rotatable bonds is 4. The van der Waals surface area contributed by atoms with E-state index in [1.54, 1.807) is 11.4 Å². The van der Waals surface area contributed by atoms with Gasteiger partial charge in [-0.1, -0.05) is 36.8 Å². The zero-order valence-electron chi connectivity index (χ0n) is 15.9. The van der Waals surface area contributed by atoms with Crippen molar-refractivity contribution in [3.8, 4) is 0 Å². The van der Waals surface area contributed by atoms with Crippen molar-refractivity contribution in [3.05, 3.63) is 52.2 Å². The molecule has 0 N–H and O–H groups in total. The quantitative estimate of drug-likeness (QED) is 0.756. The number of likely N-dealkylation sites (tertiary alicyclic amines) is 1. The second kappa shape index (κ2) is 8.35. The van der Waals surface area contributed by atoms with Gasteiger partial charge in [-0.3, -0.25) is 4.79 Å². The maximum atomic E-state index is 13.1. The maximum absolute atomic E-state index is 13.1. The molecule has 0 aliphatic carbocycles. The van der Waals surface area contributed by atoms with Gasteiger partial charge in [0.05, 0.1) is 0 Å². The van der Waals surface area contributed by atoms with Gasteiger partial charge in [0.2, 0.25) is 10.0 Å². The van der Waals surface area contributed by atoms with E-state index in [-0.39, 0.29) is 10.8 Å². The Balaban J connectivity index is 1.47. The molecule has 2 aliphatic rings. The molecule has 4 rings (SSSR count). The van der Waals surface area contributed by atoms with E-state index in [9.17, 15) is 13.2 Å². The molecular weight excluding hydrogens is 392 g/mol. The van der Waals surface area contributed by atoms with Crippen LogP contribution in [0.25, 0.3) is 0 Å². The largest absolute Gasteiger partial charge is 0.338 e. The smallest absolute Gasteiger partial charge is 0.265 e. The third-order valence-electron chi connectivity index (χ3n) is 5.81. The number of hydrogen-bond donors (Lipinski definition) is 0. The Hall–Kier alpha value is -1.70. The fraction of sp³-hybridized carbons (Fsp3) is 0.476. The van der Waals surface area contributed by atoms with Gasteiger partial charge in [-0.2, -0.15) is 4.31 Å². The molecule has 3 heterocycles. The Morgan fingerprint density at radius 3 is 2.29 bits per heavy atom. The van der Waals surface area contributed by atoms with Crippen molar-refractivity contribution in [1.82, 2.24) is 9.21 Å². The van der Waals surface area contributed by atoms with Crippen molar-refractivity contribution in [3.63, 3.8) is 0 Å². The maximum Gasteiger partial charge on any atom is 0.265 e. The zero-order valence-corrected chi connectivity index (χ0v) is 17.6. The number of amides is 1. The molecule has 28 heavy (non-hydrogen) atoms. The molecule has 2 aliphatic heterocycles. The average Bonchev–Trinajstić information content (AvgIpc) is 3.25. The van der Waals surface area contributed by atoms with Gasteiger partial charge >= 0.3 is 0 Å². The van der Waals surface area contributed by atoms with Crippen LogP contribution < -0.4 is 0 Å². The predicted molar refractivity (Wildman–Crippen MR) is 111 cm³/mol. The van der Waals surface area contributed by atoms with Crippen LogP contribution in [0.15, 0.2) is 46.7 Å². The van der Waals surface area contributed by atoms with Gasteiger partial charge in [-0.05, 0) is 48.6 Å². The third-order valence-corrected chi connectivity index (χ3v) is 8.78. The fourth-order valence-electron chi connectivity index (χ4n) is 4.19. The summed E-state index contributed by atoms with van der Waals surface area (Å²) in [6.45, 7) is 2.43. The van der Waals surface area contributed by atoms with Crippen LogP contribution in [0.4, 0.5) is 0 Å². The standard InChI is InChI=1S/C21H26N2O3S2/c24-21(22-14-9-18(10-15-22)17-7-3-1-4-8-17)20-19(11-16-27-20)28(25,26)23-12-5-2-6-13-23/h1,3-4,7-8,11,16,18H,2,5-6,9-10,12-15H2. The molecule has 2 aromatic rings. The van der Waals surface area contributed by atoms with Gasteiger partial charge in [0.25, 0.3) is 5.91 Å². The van der Waals surface area contributed by atoms with Crippen LogP contribution in [0.5, 0.6) is 0 Å². The number of benzene rings is 1. The highest BCUT2D eigenvalue weighted by molar-refractivity contribution is 7.89. The molecule has 0 saturated carbocycles. The lowest BCUT2D eigenvalue weighted by Crippen LogP contribution is -2.39. The van der Waals surface area contributed by atoms with Gasteiger partial charge in [0.1, 0.15) is 9.77 Å². The van der Waals surface area contributed by atoms with Crippen LogP contribution in [0.1, 0.15) is 53.3 Å². The van der Waals surface area contributed by atoms with Crippen LogP contribution in [0.3, 0.4) is 0 Å². The van der Waals surface area contributed by atoms with Gasteiger partial charge < -0.3 is 4.90 Å². The lowest BCUT2D eigenvalue weighted by molar-refractivity contribution is 0.0714. The summed E-state index contributed by atoms with van der Waals surface area (Å²) in [5, 5.41) is 1.72. The van der Waals surface area contributed by atoms with E-state index in [0.29, 0.717) is 37.0 Å². The van der Waals surface area contributed by atoms with Gasteiger partial charge in [-0.25, -0.2) is 8.42 Å². The van der Waals surface area contributed by atoms with Crippen molar-refractivity contribution in [2.45, 2.75) is 42.9 Å². The minimum absolute atomic E-state index is 0.142. The van der Waals surface area contributed by atoms with Gasteiger partial charge in [0.15, 0.2) is 0 Å². The summed E-state index contributed by atoms with van der Waals surface area (Å²) in [6.07, 6.45) is 4.67. The number of hydrogen-bond acceptors (Lipinski definition) is 4. The highest BCUT2D eigenvalue weighted by Gasteiger charge is 2.33. The Bertz CT molecular complexity index is 910. The van der Waals surface area contributed by atoms with Crippen LogP contribution in [0, 0.1) is 0 Å². The molecule has 2 fully saturated rings. The molecular formula is C21H26N2O3S2. The molecule has 2 saturated heterocycles. The topological polar surface area (TPSA) is 57.7 Å². The van der Waals surface area contributed by atoms with Crippen LogP contribution in [-0.4, -0.2) is 49.7 Å². The molecule has 1 aromatic carbocycles. The molecule has 150 valence electrons. The van der Waals surface area contributed by atoms with Gasteiger partial charge in [0, 0.05) is 26.2 Å². The van der Waals surface area contributed by atoms with Crippen molar-refractivity contribution >= 4 is 27.3 Å². The normalized spacial score (nSPS) is 19.6. The van der Waals surface area contributed by atoms with E-state index >= 15 is 0 Å². The summed E-state index contributed by atoms with van der Waals surface area (Å²) in [5.74, 6) is 0.322. The summed E-state index contributed by atoms with van der Waals surface area (Å²) >= 11 is 1.24. The first-order chi connectivity index (χ1) is 13.6. The second-order valence-corrected chi connectivity index (χ2v) is 10.4. The number of sulfonamides is 1. The molecule has 0 radical (unpaired) electrons. The van der Waals surface area contributed by atoms with Crippen molar-refractivity contribution in [1.29, 1.82) is 0 Å². The van der Waals surface area contributed by atoms with Crippen molar-refractivity contribution in [2.75, 3.05) is 26.2 Å². The van der Waals surface area contributed by atoms with E-state index in [0.717, 1.165) is 32.1 Å². The van der Waals surface area contributed by atoms with Crippen molar-refractivity contribution < 1.29 is 13.2 Å². The number of nitrogens with zero attached hydrogens (tertiary/aromatic N) is 2. The summed E-state index contributed by atoms with van der Waals surface area (Å²) in [6, 6.07) is 12.0. The molecule has 0 unspecified atom stereocenters. The lowest BCUT2D eigenvalue weighted by Gasteiger charge is -2.32. The van der Waals surface area contributed by atoms with Crippen molar-refractivity contribution in [2.24, 2.45) is 0 Å². The van der Waals surface area contributed by atoms with E-state index in [4.69, 9.17) is 0 Å². The van der Waals surface area contributed by atoms with E-state index in [1.165, 1.54) is 21.2 Å². The SMILES string of the molecule is O=C(c1sccc1S(=O)(=O)N1CCCCC1)N1CCC(c2ccccc2)CC1. The fourth-order valence-corrected chi connectivity index (χ4v) is 7.07. The minimum Gasteiger partial charge on any atom is -0.338 e. The predicted octanol–water partition coefficient (Wildman–Crippen LogP) is 3.94. The number of thiophene rings is 1. The molecule has 1 aromatic heterocycles. The molecule has 5 nitrogen and oxygen atoms in total. The lowest BCUT2D eigenvalue weighted by atomic mass is 9.89. The third kappa shape index (κ3) is 3.88. The summed E-state index contributed by atoms with van der Waals surface area (Å²) < 4.78 is 27.6. The summed E-state index contributed by atoms with van der Waals surface area (Å²) in [4.78, 5) is 15.5. The van der Waals surface area contributed by atoms with Crippen LogP contribution in [-0.2, 0) is 10.0 Å². The monoisotopic (exact) mass is 418 g/mol. The molecule has 7 heteroatoms. The zero-order chi connectivity index (χ0) is 19.6. The number of carbonyl (C=O) groups excluding carboxylic acids is 1. The Labute approximate surface area is 171 Å². The first-order valence-corrected chi connectivity index (χ1v) is 12.3. The number of carbonyl (C=O) groups is 1. The molecule has 1 amide bonds. The highest BCUT2D eigenvalue weighted by Crippen LogP contribution is 2.32. The summed E-state index contributed by atoms with van der Waals surface area (Å²) in [5.41, 5.74) is 1.32. The average molecular weight is 419 g/mol. The molecule has 0 spiro atoms. The minimum atomic E-state index is -3.59. The van der Waals surface area contributed by atoms with E-state index in [1.807, 2.05) is 11.0 Å².